The Kier molecular flexibility index (Phi) is 5.81. The van der Waals surface area contributed by atoms with Gasteiger partial charge < -0.3 is 15.9 Å². The van der Waals surface area contributed by atoms with E-state index in [1.54, 1.807) is 0 Å². The molecule has 4 rings (SSSR count). The molecule has 0 unspecified atom stereocenters. The van der Waals surface area contributed by atoms with Crippen molar-refractivity contribution in [3.05, 3.63) is 0 Å². The van der Waals surface area contributed by atoms with E-state index in [2.05, 4.69) is 24.4 Å². The standard InChI is InChI=1S/C21H36N4O2.ClH/c1-19-8-6-15(26)11-13(19)3-4-17-16(19)7-9-20(2)14(5-10-21(17,20)27)12-24-25-18(22)23;/h12-17,26-27H,3-11H2,1-2H3,(H4,22,23,25);1H/b24-12+;/t13-,14-,15+,16+,17-,19+,20-,21+;/m1./s1. The van der Waals surface area contributed by atoms with Crippen LogP contribution in [0.25, 0.3) is 0 Å². The second-order valence-corrected chi connectivity index (χ2v) is 10.3. The zero-order valence-corrected chi connectivity index (χ0v) is 18.0. The number of nitrogens with one attached hydrogen (secondary N) is 2. The van der Waals surface area contributed by atoms with Gasteiger partial charge in [-0.25, -0.2) is 5.43 Å². The van der Waals surface area contributed by atoms with Gasteiger partial charge >= 0.3 is 0 Å². The van der Waals surface area contributed by atoms with Crippen LogP contribution in [0.3, 0.4) is 0 Å². The first-order valence-electron chi connectivity index (χ1n) is 10.7. The van der Waals surface area contributed by atoms with E-state index in [9.17, 15) is 10.2 Å². The third-order valence-electron chi connectivity index (χ3n) is 9.34. The van der Waals surface area contributed by atoms with Gasteiger partial charge in [-0.2, -0.15) is 5.10 Å². The average molecular weight is 413 g/mol. The molecule has 0 saturated heterocycles. The maximum absolute atomic E-state index is 12.0. The first kappa shape index (κ1) is 21.8. The minimum absolute atomic E-state index is 0. The molecule has 7 heteroatoms. The first-order chi connectivity index (χ1) is 12.7. The van der Waals surface area contributed by atoms with Crippen LogP contribution in [0, 0.1) is 39.9 Å². The molecule has 0 aromatic carbocycles. The fraction of sp³-hybridized carbons (Fsp3) is 0.905. The number of hydrogen-bond acceptors (Lipinski definition) is 4. The summed E-state index contributed by atoms with van der Waals surface area (Å²) in [5.41, 5.74) is 7.33. The Bertz CT molecular complexity index is 646. The number of aliphatic hydroxyl groups is 2. The van der Waals surface area contributed by atoms with E-state index in [1.165, 1.54) is 0 Å². The van der Waals surface area contributed by atoms with Gasteiger partial charge in [-0.3, -0.25) is 5.41 Å². The van der Waals surface area contributed by atoms with Crippen molar-refractivity contribution >= 4 is 24.6 Å². The minimum atomic E-state index is -0.632. The van der Waals surface area contributed by atoms with E-state index < -0.39 is 5.60 Å². The second kappa shape index (κ2) is 7.44. The molecule has 0 radical (unpaired) electrons. The van der Waals surface area contributed by atoms with Crippen LogP contribution >= 0.6 is 12.4 Å². The number of nitrogens with zero attached hydrogens (tertiary/aromatic N) is 1. The smallest absolute Gasteiger partial charge is 0.206 e. The molecule has 4 saturated carbocycles. The molecule has 160 valence electrons. The van der Waals surface area contributed by atoms with Crippen LogP contribution in [0.15, 0.2) is 5.10 Å². The van der Waals surface area contributed by atoms with Crippen molar-refractivity contribution < 1.29 is 10.2 Å². The van der Waals surface area contributed by atoms with Crippen LogP contribution in [0.5, 0.6) is 0 Å². The molecule has 6 N–H and O–H groups in total. The first-order valence-corrected chi connectivity index (χ1v) is 10.7. The van der Waals surface area contributed by atoms with Crippen LogP contribution in [0.1, 0.15) is 71.6 Å². The highest BCUT2D eigenvalue weighted by Crippen LogP contribution is 2.68. The van der Waals surface area contributed by atoms with Crippen molar-refractivity contribution in [1.29, 1.82) is 5.41 Å². The SMILES string of the molecule is C[C@]12CC[C@H](O)C[C@H]1CC[C@@H]1[C@@H]2CC[C@]2(C)[C@@H](/C=N/NC(=N)N)CC[C@]12O.Cl. The molecule has 4 aliphatic rings. The fourth-order valence-electron chi connectivity index (χ4n) is 7.68. The summed E-state index contributed by atoms with van der Waals surface area (Å²) in [5, 5.41) is 33.6. The zero-order valence-electron chi connectivity index (χ0n) is 17.2. The summed E-state index contributed by atoms with van der Waals surface area (Å²) >= 11 is 0. The predicted octanol–water partition coefficient (Wildman–Crippen LogP) is 3.01. The molecule has 0 heterocycles. The summed E-state index contributed by atoms with van der Waals surface area (Å²) in [7, 11) is 0. The molecule has 0 aromatic rings. The number of rotatable bonds is 2. The third kappa shape index (κ3) is 3.07. The van der Waals surface area contributed by atoms with Crippen LogP contribution < -0.4 is 11.2 Å². The number of fused-ring (bicyclic) bond motifs is 5. The molecule has 0 bridgehead atoms. The second-order valence-electron chi connectivity index (χ2n) is 10.3. The van der Waals surface area contributed by atoms with Gasteiger partial charge in [-0.1, -0.05) is 13.8 Å². The summed E-state index contributed by atoms with van der Waals surface area (Å²) in [5.74, 6) is 1.59. The molecule has 0 spiro atoms. The van der Waals surface area contributed by atoms with Gasteiger partial charge in [0.1, 0.15) is 0 Å². The van der Waals surface area contributed by atoms with Gasteiger partial charge in [-0.05, 0) is 81.0 Å². The Morgan fingerprint density at radius 2 is 1.86 bits per heavy atom. The monoisotopic (exact) mass is 412 g/mol. The maximum Gasteiger partial charge on any atom is 0.206 e. The van der Waals surface area contributed by atoms with E-state index in [0.29, 0.717) is 17.8 Å². The summed E-state index contributed by atoms with van der Waals surface area (Å²) < 4.78 is 0. The van der Waals surface area contributed by atoms with Crippen molar-refractivity contribution in [1.82, 2.24) is 5.43 Å². The van der Waals surface area contributed by atoms with Crippen molar-refractivity contribution in [3.63, 3.8) is 0 Å². The van der Waals surface area contributed by atoms with Gasteiger partial charge in [0, 0.05) is 17.5 Å². The van der Waals surface area contributed by atoms with Crippen molar-refractivity contribution in [2.75, 3.05) is 0 Å². The van der Waals surface area contributed by atoms with Gasteiger partial charge in [0.2, 0.25) is 5.96 Å². The van der Waals surface area contributed by atoms with Crippen LogP contribution in [0.4, 0.5) is 0 Å². The molecule has 4 fully saturated rings. The van der Waals surface area contributed by atoms with Crippen molar-refractivity contribution in [3.8, 4) is 0 Å². The summed E-state index contributed by atoms with van der Waals surface area (Å²) in [6.45, 7) is 4.69. The summed E-state index contributed by atoms with van der Waals surface area (Å²) in [6.07, 6.45) is 10.9. The molecule has 4 aliphatic carbocycles. The third-order valence-corrected chi connectivity index (χ3v) is 9.34. The number of guanidine groups is 1. The number of hydrazone groups is 1. The van der Waals surface area contributed by atoms with Crippen LogP contribution in [-0.2, 0) is 0 Å². The molecule has 8 atom stereocenters. The lowest BCUT2D eigenvalue weighted by Gasteiger charge is -2.63. The Morgan fingerprint density at radius 3 is 2.57 bits per heavy atom. The average Bonchev–Trinajstić information content (AvgIpc) is 2.87. The molecule has 0 aliphatic heterocycles. The quantitative estimate of drug-likeness (QED) is 0.272. The van der Waals surface area contributed by atoms with Crippen LogP contribution in [-0.4, -0.2) is 34.1 Å². The Balaban J connectivity index is 0.00000225. The van der Waals surface area contributed by atoms with Crippen molar-refractivity contribution in [2.24, 2.45) is 45.3 Å². The largest absolute Gasteiger partial charge is 0.393 e. The molecule has 0 amide bonds. The number of halogens is 1. The Morgan fingerprint density at radius 1 is 1.11 bits per heavy atom. The summed E-state index contributed by atoms with van der Waals surface area (Å²) in [4.78, 5) is 0. The Hall–Kier alpha value is -0.850. The molecular formula is C21H37ClN4O2. The van der Waals surface area contributed by atoms with Gasteiger partial charge in [0.25, 0.3) is 0 Å². The normalized spacial score (nSPS) is 50.2. The lowest BCUT2D eigenvalue weighted by atomic mass is 9.43. The predicted molar refractivity (Wildman–Crippen MR) is 113 cm³/mol. The highest BCUT2D eigenvalue weighted by molar-refractivity contribution is 5.85. The van der Waals surface area contributed by atoms with E-state index in [-0.39, 0.29) is 41.2 Å². The molecule has 6 nitrogen and oxygen atoms in total. The highest BCUT2D eigenvalue weighted by atomic mass is 35.5. The van der Waals surface area contributed by atoms with E-state index in [0.717, 1.165) is 57.8 Å². The van der Waals surface area contributed by atoms with Crippen molar-refractivity contribution in [2.45, 2.75) is 83.3 Å². The topological polar surface area (TPSA) is 115 Å². The maximum atomic E-state index is 12.0. The van der Waals surface area contributed by atoms with E-state index >= 15 is 0 Å². The lowest BCUT2D eigenvalue weighted by Crippen LogP contribution is -2.62. The van der Waals surface area contributed by atoms with E-state index in [4.69, 9.17) is 11.1 Å². The molecule has 0 aromatic heterocycles. The Labute approximate surface area is 174 Å². The van der Waals surface area contributed by atoms with Gasteiger partial charge in [0.05, 0.1) is 11.7 Å². The number of hydrogen-bond donors (Lipinski definition) is 5. The molecule has 28 heavy (non-hydrogen) atoms. The van der Waals surface area contributed by atoms with E-state index in [1.807, 2.05) is 6.21 Å². The van der Waals surface area contributed by atoms with Gasteiger partial charge in [0.15, 0.2) is 0 Å². The number of aliphatic hydroxyl groups excluding tert-OH is 1. The zero-order chi connectivity index (χ0) is 19.4. The minimum Gasteiger partial charge on any atom is -0.393 e. The van der Waals surface area contributed by atoms with Gasteiger partial charge in [-0.15, -0.1) is 12.4 Å². The fourth-order valence-corrected chi connectivity index (χ4v) is 7.68. The summed E-state index contributed by atoms with van der Waals surface area (Å²) in [6, 6.07) is 0. The molecular weight excluding hydrogens is 376 g/mol. The van der Waals surface area contributed by atoms with Crippen LogP contribution in [0.2, 0.25) is 0 Å². The number of nitrogens with two attached hydrogens (primary N) is 1. The lowest BCUT2D eigenvalue weighted by molar-refractivity contribution is -0.206. The highest BCUT2D eigenvalue weighted by Gasteiger charge is 2.66.